The van der Waals surface area contributed by atoms with E-state index >= 15 is 8.78 Å². The Morgan fingerprint density at radius 2 is 1.79 bits per heavy atom. The van der Waals surface area contributed by atoms with E-state index in [4.69, 9.17) is 9.84 Å². The van der Waals surface area contributed by atoms with Gasteiger partial charge in [0, 0.05) is 21.7 Å². The zero-order valence-electron chi connectivity index (χ0n) is 17.2. The van der Waals surface area contributed by atoms with Crippen molar-refractivity contribution in [1.29, 1.82) is 0 Å². The molecule has 1 heterocycles. The summed E-state index contributed by atoms with van der Waals surface area (Å²) in [5.41, 5.74) is 0.344. The van der Waals surface area contributed by atoms with Gasteiger partial charge in [0.05, 0.1) is 0 Å². The van der Waals surface area contributed by atoms with Gasteiger partial charge in [-0.3, -0.25) is 0 Å². The minimum Gasteiger partial charge on any atom is -0.508 e. The van der Waals surface area contributed by atoms with Gasteiger partial charge in [0.15, 0.2) is 5.75 Å². The third-order valence-electron chi connectivity index (χ3n) is 4.96. The highest BCUT2D eigenvalue weighted by Gasteiger charge is 2.41. The minimum atomic E-state index is -3.49. The van der Waals surface area contributed by atoms with Crippen LogP contribution in [0.25, 0.3) is 16.2 Å². The molecule has 0 amide bonds. The van der Waals surface area contributed by atoms with Crippen LogP contribution in [0.1, 0.15) is 21.6 Å². The predicted molar refractivity (Wildman–Crippen MR) is 121 cm³/mol. The van der Waals surface area contributed by atoms with Gasteiger partial charge >= 0.3 is 11.9 Å². The number of thiophene rings is 1. The minimum absolute atomic E-state index is 0.0716. The molecular weight excluding hydrogens is 453 g/mol. The van der Waals surface area contributed by atoms with Crippen LogP contribution >= 0.6 is 11.3 Å². The molecule has 0 unspecified atom stereocenters. The topological polar surface area (TPSA) is 66.8 Å². The highest BCUT2D eigenvalue weighted by Crippen LogP contribution is 2.51. The van der Waals surface area contributed by atoms with Crippen molar-refractivity contribution < 1.29 is 32.9 Å². The Morgan fingerprint density at radius 3 is 2.45 bits per heavy atom. The van der Waals surface area contributed by atoms with E-state index in [0.29, 0.717) is 15.6 Å². The maximum absolute atomic E-state index is 15.7. The first-order valence-electron chi connectivity index (χ1n) is 9.74. The lowest BCUT2D eigenvalue weighted by molar-refractivity contribution is -0.131. The van der Waals surface area contributed by atoms with E-state index in [1.807, 2.05) is 0 Å². The second-order valence-corrected chi connectivity index (χ2v) is 8.37. The van der Waals surface area contributed by atoms with Gasteiger partial charge in [0.1, 0.15) is 22.2 Å². The van der Waals surface area contributed by atoms with Crippen molar-refractivity contribution in [3.05, 3.63) is 94.1 Å². The second-order valence-electron chi connectivity index (χ2n) is 7.32. The molecule has 0 aliphatic rings. The number of alkyl halides is 2. The van der Waals surface area contributed by atoms with Crippen LogP contribution in [0.4, 0.5) is 13.2 Å². The summed E-state index contributed by atoms with van der Waals surface area (Å²) in [5, 5.41) is 19.0. The van der Waals surface area contributed by atoms with Crippen molar-refractivity contribution in [2.45, 2.75) is 12.8 Å². The first-order chi connectivity index (χ1) is 15.6. The van der Waals surface area contributed by atoms with Crippen LogP contribution in [0, 0.1) is 12.7 Å². The molecule has 0 aliphatic carbocycles. The molecule has 0 saturated carbocycles. The number of hydrogen-bond acceptors (Lipinski definition) is 4. The lowest BCUT2D eigenvalue weighted by atomic mass is 10.0. The fourth-order valence-corrected chi connectivity index (χ4v) is 4.56. The largest absolute Gasteiger partial charge is 0.508 e. The summed E-state index contributed by atoms with van der Waals surface area (Å²) < 4.78 is 51.2. The summed E-state index contributed by atoms with van der Waals surface area (Å²) in [6.07, 6.45) is 2.38. The van der Waals surface area contributed by atoms with Gasteiger partial charge in [0.2, 0.25) is 0 Å². The predicted octanol–water partition coefficient (Wildman–Crippen LogP) is 7.08. The molecule has 8 heteroatoms. The van der Waals surface area contributed by atoms with Crippen LogP contribution in [0.5, 0.6) is 17.2 Å². The number of hydrogen-bond donors (Lipinski definition) is 2. The number of rotatable bonds is 6. The molecule has 4 aromatic rings. The number of fused-ring (bicyclic) bond motifs is 1. The number of phenolic OH excluding ortho intramolecular Hbond substituents is 1. The van der Waals surface area contributed by atoms with Crippen molar-refractivity contribution in [3.8, 4) is 17.2 Å². The number of phenols is 1. The first kappa shape index (κ1) is 22.4. The van der Waals surface area contributed by atoms with Crippen LogP contribution in [-0.2, 0) is 10.7 Å². The van der Waals surface area contributed by atoms with E-state index < -0.39 is 17.7 Å². The molecule has 0 spiro atoms. The van der Waals surface area contributed by atoms with E-state index in [1.54, 1.807) is 12.1 Å². The number of benzene rings is 3. The maximum atomic E-state index is 15.7. The van der Waals surface area contributed by atoms with Gasteiger partial charge in [-0.15, -0.1) is 11.3 Å². The molecule has 0 bridgehead atoms. The molecule has 0 radical (unpaired) electrons. The number of carboxylic acids is 1. The molecule has 3 aromatic carbocycles. The second kappa shape index (κ2) is 8.63. The Labute approximate surface area is 190 Å². The summed E-state index contributed by atoms with van der Waals surface area (Å²) >= 11 is 0.781. The standard InChI is InChI=1S/C25H17F3O4S/c1-14-12-16(26)5-10-20(14)25(27,28)24-23(19-9-6-17(29)13-21(19)33-24)32-18-7-2-15(3-8-18)4-11-22(30)31/h2-13,29H,1H3,(H,30,31)/b11-4+. The number of carboxylic acid groups (broad SMARTS) is 1. The fourth-order valence-electron chi connectivity index (χ4n) is 3.40. The third kappa shape index (κ3) is 4.56. The Balaban J connectivity index is 1.80. The zero-order chi connectivity index (χ0) is 23.8. The third-order valence-corrected chi connectivity index (χ3v) is 6.16. The smallest absolute Gasteiger partial charge is 0.328 e. The van der Waals surface area contributed by atoms with E-state index in [9.17, 15) is 14.3 Å². The molecule has 4 nitrogen and oxygen atoms in total. The Morgan fingerprint density at radius 1 is 1.06 bits per heavy atom. The lowest BCUT2D eigenvalue weighted by Gasteiger charge is -2.19. The van der Waals surface area contributed by atoms with Crippen LogP contribution in [0.15, 0.2) is 66.7 Å². The average Bonchev–Trinajstić information content (AvgIpc) is 3.11. The SMILES string of the molecule is Cc1cc(F)ccc1C(F)(F)c1sc2cc(O)ccc2c1Oc1ccc(/C=C/C(=O)O)cc1. The molecule has 4 rings (SSSR count). The molecule has 0 saturated heterocycles. The van der Waals surface area contributed by atoms with E-state index in [0.717, 1.165) is 35.6 Å². The van der Waals surface area contributed by atoms with Crippen molar-refractivity contribution in [2.75, 3.05) is 0 Å². The fraction of sp³-hybridized carbons (Fsp3) is 0.0800. The maximum Gasteiger partial charge on any atom is 0.328 e. The summed E-state index contributed by atoms with van der Waals surface area (Å²) in [6.45, 7) is 1.41. The van der Waals surface area contributed by atoms with Gasteiger partial charge in [-0.2, -0.15) is 8.78 Å². The summed E-state index contributed by atoms with van der Waals surface area (Å²) in [7, 11) is 0. The highest BCUT2D eigenvalue weighted by molar-refractivity contribution is 7.19. The van der Waals surface area contributed by atoms with E-state index in [1.165, 1.54) is 43.3 Å². The summed E-state index contributed by atoms with van der Waals surface area (Å²) in [6, 6.07) is 13.6. The number of aliphatic carboxylic acids is 1. The van der Waals surface area contributed by atoms with Gasteiger partial charge in [-0.05, 0) is 72.7 Å². The summed E-state index contributed by atoms with van der Waals surface area (Å²) in [4.78, 5) is 10.3. The quantitative estimate of drug-likeness (QED) is 0.295. The van der Waals surface area contributed by atoms with E-state index in [-0.39, 0.29) is 33.3 Å². The van der Waals surface area contributed by atoms with Crippen LogP contribution in [0.3, 0.4) is 0 Å². The van der Waals surface area contributed by atoms with E-state index in [2.05, 4.69) is 0 Å². The monoisotopic (exact) mass is 470 g/mol. The van der Waals surface area contributed by atoms with Crippen molar-refractivity contribution in [3.63, 3.8) is 0 Å². The molecule has 33 heavy (non-hydrogen) atoms. The number of ether oxygens (including phenoxy) is 1. The van der Waals surface area contributed by atoms with Gasteiger partial charge in [-0.25, -0.2) is 9.18 Å². The van der Waals surface area contributed by atoms with Crippen molar-refractivity contribution in [2.24, 2.45) is 0 Å². The zero-order valence-corrected chi connectivity index (χ0v) is 18.0. The Kier molecular flexibility index (Phi) is 5.86. The van der Waals surface area contributed by atoms with Crippen LogP contribution in [0.2, 0.25) is 0 Å². The first-order valence-corrected chi connectivity index (χ1v) is 10.6. The summed E-state index contributed by atoms with van der Waals surface area (Å²) in [5.74, 6) is -5.07. The number of aromatic hydroxyl groups is 1. The molecule has 0 atom stereocenters. The van der Waals surface area contributed by atoms with Gasteiger partial charge < -0.3 is 14.9 Å². The highest BCUT2D eigenvalue weighted by atomic mass is 32.1. The molecule has 0 aliphatic heterocycles. The molecule has 0 fully saturated rings. The van der Waals surface area contributed by atoms with Crippen LogP contribution < -0.4 is 4.74 Å². The average molecular weight is 470 g/mol. The molecule has 1 aromatic heterocycles. The van der Waals surface area contributed by atoms with Crippen LogP contribution in [-0.4, -0.2) is 16.2 Å². The number of aryl methyl sites for hydroxylation is 1. The van der Waals surface area contributed by atoms with Crippen molar-refractivity contribution >= 4 is 33.5 Å². The number of carbonyl (C=O) groups is 1. The number of halogens is 3. The van der Waals surface area contributed by atoms with Crippen molar-refractivity contribution in [1.82, 2.24) is 0 Å². The Bertz CT molecular complexity index is 1370. The lowest BCUT2D eigenvalue weighted by Crippen LogP contribution is -2.16. The normalized spacial score (nSPS) is 11.9. The van der Waals surface area contributed by atoms with Gasteiger partial charge in [-0.1, -0.05) is 12.1 Å². The molecule has 168 valence electrons. The van der Waals surface area contributed by atoms with Gasteiger partial charge in [0.25, 0.3) is 0 Å². The molecule has 2 N–H and O–H groups in total. The Hall–Kier alpha value is -3.78. The molecular formula is C25H17F3O4S.